The van der Waals surface area contributed by atoms with Gasteiger partial charge in [-0.3, -0.25) is 4.79 Å². The summed E-state index contributed by atoms with van der Waals surface area (Å²) in [4.78, 5) is 26.4. The first-order valence-corrected chi connectivity index (χ1v) is 5.66. The molecule has 1 heterocycles. The maximum Gasteiger partial charge on any atom is 0.317 e. The second-order valence-electron chi connectivity index (χ2n) is 3.98. The molecule has 1 atom stereocenters. The number of primary amides is 1. The molecule has 0 saturated carbocycles. The predicted molar refractivity (Wildman–Crippen MR) is 68.5 cm³/mol. The number of carbonyl (C=O) groups excluding carboxylic acids is 2. The molecule has 0 spiro atoms. The van der Waals surface area contributed by atoms with Gasteiger partial charge in [-0.1, -0.05) is 13.0 Å². The molecule has 1 rings (SSSR count). The van der Waals surface area contributed by atoms with E-state index in [2.05, 4.69) is 15.6 Å². The van der Waals surface area contributed by atoms with Gasteiger partial charge >= 0.3 is 6.03 Å². The van der Waals surface area contributed by atoms with E-state index in [1.54, 1.807) is 12.1 Å². The van der Waals surface area contributed by atoms with Gasteiger partial charge in [-0.15, -0.1) is 0 Å². The largest absolute Gasteiger partial charge is 0.384 e. The van der Waals surface area contributed by atoms with Crippen molar-refractivity contribution in [2.24, 2.45) is 5.73 Å². The van der Waals surface area contributed by atoms with E-state index in [-0.39, 0.29) is 13.0 Å². The van der Waals surface area contributed by atoms with Crippen LogP contribution < -0.4 is 22.1 Å². The summed E-state index contributed by atoms with van der Waals surface area (Å²) in [6, 6.07) is 2.59. The van der Waals surface area contributed by atoms with Crippen molar-refractivity contribution in [1.82, 2.24) is 15.6 Å². The third-order valence-corrected chi connectivity index (χ3v) is 2.54. The fourth-order valence-corrected chi connectivity index (χ4v) is 1.28. The highest BCUT2D eigenvalue weighted by atomic mass is 16.3. The minimum Gasteiger partial charge on any atom is -0.384 e. The van der Waals surface area contributed by atoms with Crippen LogP contribution in [0.3, 0.4) is 0 Å². The van der Waals surface area contributed by atoms with Crippen molar-refractivity contribution in [2.45, 2.75) is 25.6 Å². The standard InChI is InChI=1S/C11H17N5O3/c1-2-11(19,9(13)17)16-10(18)15-6-7-3-4-8(12)14-5-7/h3-5,19H,2,6H2,1H3,(H2,12,14)(H2,13,17)(H2,15,16,18). The minimum atomic E-state index is -2.05. The quantitative estimate of drug-likeness (QED) is 0.437. The van der Waals surface area contributed by atoms with Crippen LogP contribution in [0.1, 0.15) is 18.9 Å². The second-order valence-corrected chi connectivity index (χ2v) is 3.98. The number of nitrogens with one attached hydrogen (secondary N) is 2. The Morgan fingerprint density at radius 3 is 2.63 bits per heavy atom. The summed E-state index contributed by atoms with van der Waals surface area (Å²) in [5.74, 6) is -0.637. The van der Waals surface area contributed by atoms with Crippen LogP contribution >= 0.6 is 0 Å². The van der Waals surface area contributed by atoms with E-state index in [1.807, 2.05) is 0 Å². The van der Waals surface area contributed by atoms with Crippen LogP contribution in [0.5, 0.6) is 0 Å². The average Bonchev–Trinajstić information content (AvgIpc) is 2.37. The van der Waals surface area contributed by atoms with Gasteiger partial charge in [-0.2, -0.15) is 0 Å². The van der Waals surface area contributed by atoms with Crippen LogP contribution in [0.2, 0.25) is 0 Å². The maximum atomic E-state index is 11.5. The molecule has 104 valence electrons. The molecular formula is C11H17N5O3. The lowest BCUT2D eigenvalue weighted by Crippen LogP contribution is -2.59. The summed E-state index contributed by atoms with van der Waals surface area (Å²) in [7, 11) is 0. The summed E-state index contributed by atoms with van der Waals surface area (Å²) in [5, 5.41) is 14.3. The molecule has 0 radical (unpaired) electrons. The number of amides is 3. The van der Waals surface area contributed by atoms with Crippen molar-refractivity contribution < 1.29 is 14.7 Å². The Kier molecular flexibility index (Phi) is 4.65. The van der Waals surface area contributed by atoms with Crippen LogP contribution in [-0.4, -0.2) is 27.8 Å². The predicted octanol–water partition coefficient (Wildman–Crippen LogP) is -0.953. The molecule has 8 nitrogen and oxygen atoms in total. The smallest absolute Gasteiger partial charge is 0.317 e. The van der Waals surface area contributed by atoms with E-state index in [9.17, 15) is 14.7 Å². The highest BCUT2D eigenvalue weighted by molar-refractivity contribution is 5.88. The van der Waals surface area contributed by atoms with Gasteiger partial charge in [0.2, 0.25) is 5.72 Å². The summed E-state index contributed by atoms with van der Waals surface area (Å²) in [5.41, 5.74) is 9.09. The third-order valence-electron chi connectivity index (χ3n) is 2.54. The number of carbonyl (C=O) groups is 2. The number of hydrogen-bond donors (Lipinski definition) is 5. The van der Waals surface area contributed by atoms with E-state index in [1.165, 1.54) is 13.1 Å². The number of pyridine rings is 1. The number of nitrogen functional groups attached to an aromatic ring is 1. The van der Waals surface area contributed by atoms with Crippen molar-refractivity contribution in [3.63, 3.8) is 0 Å². The van der Waals surface area contributed by atoms with Crippen LogP contribution in [0.15, 0.2) is 18.3 Å². The van der Waals surface area contributed by atoms with E-state index in [4.69, 9.17) is 11.5 Å². The average molecular weight is 267 g/mol. The molecule has 7 N–H and O–H groups in total. The van der Waals surface area contributed by atoms with Crippen LogP contribution in [0.4, 0.5) is 10.6 Å². The number of urea groups is 1. The normalized spacial score (nSPS) is 13.4. The van der Waals surface area contributed by atoms with Gasteiger partial charge in [-0.25, -0.2) is 9.78 Å². The Labute approximate surface area is 110 Å². The molecule has 3 amide bonds. The van der Waals surface area contributed by atoms with Gasteiger partial charge in [0.1, 0.15) is 5.82 Å². The van der Waals surface area contributed by atoms with E-state index in [0.717, 1.165) is 5.56 Å². The molecule has 0 aromatic carbocycles. The Bertz CT molecular complexity index is 462. The Morgan fingerprint density at radius 2 is 2.16 bits per heavy atom. The molecule has 0 aliphatic carbocycles. The van der Waals surface area contributed by atoms with E-state index in [0.29, 0.717) is 5.82 Å². The number of anilines is 1. The van der Waals surface area contributed by atoms with Gasteiger partial charge in [0.05, 0.1) is 0 Å². The Hall–Kier alpha value is -2.35. The molecule has 19 heavy (non-hydrogen) atoms. The second kappa shape index (κ2) is 6.01. The maximum absolute atomic E-state index is 11.5. The number of hydrogen-bond acceptors (Lipinski definition) is 5. The highest BCUT2D eigenvalue weighted by Gasteiger charge is 2.33. The number of aromatic nitrogens is 1. The van der Waals surface area contributed by atoms with Gasteiger partial charge in [0.25, 0.3) is 5.91 Å². The first-order valence-electron chi connectivity index (χ1n) is 5.66. The number of rotatable bonds is 5. The Balaban J connectivity index is 2.52. The van der Waals surface area contributed by atoms with Crippen molar-refractivity contribution in [1.29, 1.82) is 0 Å². The monoisotopic (exact) mass is 267 g/mol. The lowest BCUT2D eigenvalue weighted by Gasteiger charge is -2.24. The van der Waals surface area contributed by atoms with E-state index >= 15 is 0 Å². The third kappa shape index (κ3) is 4.11. The zero-order valence-electron chi connectivity index (χ0n) is 10.5. The first-order chi connectivity index (χ1) is 8.87. The summed E-state index contributed by atoms with van der Waals surface area (Å²) in [6.45, 7) is 1.70. The Morgan fingerprint density at radius 1 is 1.47 bits per heavy atom. The topological polar surface area (TPSA) is 143 Å². The van der Waals surface area contributed by atoms with Crippen molar-refractivity contribution in [3.8, 4) is 0 Å². The SMILES string of the molecule is CCC(O)(NC(=O)NCc1ccc(N)nc1)C(N)=O. The highest BCUT2D eigenvalue weighted by Crippen LogP contribution is 2.04. The molecule has 0 saturated heterocycles. The molecule has 0 aliphatic heterocycles. The summed E-state index contributed by atoms with van der Waals surface area (Å²) >= 11 is 0. The molecule has 1 aromatic heterocycles. The van der Waals surface area contributed by atoms with E-state index < -0.39 is 17.7 Å². The van der Waals surface area contributed by atoms with Crippen molar-refractivity contribution in [3.05, 3.63) is 23.9 Å². The lowest BCUT2D eigenvalue weighted by atomic mass is 10.1. The number of nitrogens with zero attached hydrogens (tertiary/aromatic N) is 1. The van der Waals surface area contributed by atoms with Gasteiger partial charge in [0.15, 0.2) is 0 Å². The van der Waals surface area contributed by atoms with Gasteiger partial charge < -0.3 is 27.2 Å². The zero-order chi connectivity index (χ0) is 14.5. The number of nitrogens with two attached hydrogens (primary N) is 2. The fourth-order valence-electron chi connectivity index (χ4n) is 1.28. The van der Waals surface area contributed by atoms with Crippen LogP contribution in [-0.2, 0) is 11.3 Å². The molecule has 1 aromatic rings. The summed E-state index contributed by atoms with van der Waals surface area (Å²) < 4.78 is 0. The first kappa shape index (κ1) is 14.7. The van der Waals surface area contributed by atoms with Gasteiger partial charge in [0, 0.05) is 19.2 Å². The van der Waals surface area contributed by atoms with Crippen molar-refractivity contribution in [2.75, 3.05) is 5.73 Å². The zero-order valence-corrected chi connectivity index (χ0v) is 10.5. The minimum absolute atomic E-state index is 0.0286. The fraction of sp³-hybridized carbons (Fsp3) is 0.364. The van der Waals surface area contributed by atoms with Crippen LogP contribution in [0, 0.1) is 0 Å². The summed E-state index contributed by atoms with van der Waals surface area (Å²) in [6.07, 6.45) is 1.48. The molecule has 0 aliphatic rings. The number of aliphatic hydroxyl groups is 1. The molecular weight excluding hydrogens is 250 g/mol. The molecule has 0 fully saturated rings. The van der Waals surface area contributed by atoms with Crippen LogP contribution in [0.25, 0.3) is 0 Å². The van der Waals surface area contributed by atoms with Gasteiger partial charge in [-0.05, 0) is 11.6 Å². The lowest BCUT2D eigenvalue weighted by molar-refractivity contribution is -0.138. The molecule has 8 heteroatoms. The molecule has 1 unspecified atom stereocenters. The molecule has 0 bridgehead atoms. The van der Waals surface area contributed by atoms with Crippen molar-refractivity contribution >= 4 is 17.8 Å².